The van der Waals surface area contributed by atoms with E-state index in [9.17, 15) is 9.59 Å². The number of aromatic nitrogens is 3. The number of ketones is 1. The van der Waals surface area contributed by atoms with E-state index in [2.05, 4.69) is 23.9 Å². The molecule has 240 valence electrons. The predicted molar refractivity (Wildman–Crippen MR) is 183 cm³/mol. The maximum absolute atomic E-state index is 14.1. The molecule has 0 aliphatic carbocycles. The number of para-hydroxylation sites is 1. The Hall–Kier alpha value is -4.58. The van der Waals surface area contributed by atoms with Crippen molar-refractivity contribution in [3.05, 3.63) is 102 Å². The molecule has 0 saturated carbocycles. The molecule has 0 radical (unpaired) electrons. The molecule has 3 aromatic carbocycles. The number of ether oxygens (including phenoxy) is 3. The van der Waals surface area contributed by atoms with Crippen molar-refractivity contribution in [2.75, 3.05) is 63.2 Å². The summed E-state index contributed by atoms with van der Waals surface area (Å²) in [6.07, 6.45) is 8.22. The highest BCUT2D eigenvalue weighted by atomic mass is 32.3. The minimum atomic E-state index is -0.739. The summed E-state index contributed by atoms with van der Waals surface area (Å²) in [4.78, 5) is 29.1. The van der Waals surface area contributed by atoms with Crippen molar-refractivity contribution in [3.63, 3.8) is 0 Å². The molecule has 0 atom stereocenters. The van der Waals surface area contributed by atoms with Crippen LogP contribution in [0, 0.1) is 0 Å². The summed E-state index contributed by atoms with van der Waals surface area (Å²) in [5.41, 5.74) is 9.28. The fraction of sp³-hybridized carbons (Fsp3) is 0.286. The van der Waals surface area contributed by atoms with Gasteiger partial charge in [0.15, 0.2) is 0 Å². The van der Waals surface area contributed by atoms with E-state index in [-0.39, 0.29) is 29.8 Å². The SMILES string of the molecule is CS(C)(C)CCOCn1c(C(=O)c2cnn(-c3ccc(Oc4ccccc4)cc3)c2N)cc2cc(C(=O)N3CCOCC3)ccc21. The Bertz CT molecular complexity index is 1840. The normalized spacial score (nSPS) is 14.0. The number of nitrogens with zero attached hydrogens (tertiary/aromatic N) is 4. The van der Waals surface area contributed by atoms with Crippen molar-refractivity contribution in [3.8, 4) is 17.2 Å². The number of nitrogens with two attached hydrogens (primary N) is 1. The smallest absolute Gasteiger partial charge is 0.254 e. The molecular formula is C35H39N5O5S. The molecule has 11 heteroatoms. The molecule has 5 aromatic rings. The van der Waals surface area contributed by atoms with E-state index in [1.165, 1.54) is 10.9 Å². The first-order valence-corrected chi connectivity index (χ1v) is 18.2. The van der Waals surface area contributed by atoms with Gasteiger partial charge in [0.25, 0.3) is 5.91 Å². The minimum absolute atomic E-state index is 0.0547. The van der Waals surface area contributed by atoms with Crippen molar-refractivity contribution in [2.45, 2.75) is 6.73 Å². The van der Waals surface area contributed by atoms with Crippen LogP contribution < -0.4 is 10.5 Å². The van der Waals surface area contributed by atoms with Gasteiger partial charge in [0.1, 0.15) is 24.0 Å². The number of hydrogen-bond donors (Lipinski definition) is 1. The number of fused-ring (bicyclic) bond motifs is 1. The number of carbonyl (C=O) groups is 2. The van der Waals surface area contributed by atoms with Crippen LogP contribution in [0.3, 0.4) is 0 Å². The Balaban J connectivity index is 1.28. The van der Waals surface area contributed by atoms with Gasteiger partial charge in [-0.2, -0.15) is 5.10 Å². The first kappa shape index (κ1) is 31.4. The van der Waals surface area contributed by atoms with Gasteiger partial charge in [-0.05, 0) is 79.4 Å². The lowest BCUT2D eigenvalue weighted by Crippen LogP contribution is -2.40. The van der Waals surface area contributed by atoms with Crippen LogP contribution in [-0.2, 0) is 16.2 Å². The average molecular weight is 642 g/mol. The molecule has 0 unspecified atom stereocenters. The standard InChI is InChI=1S/C35H39N5O5S/c1-46(2,3)20-19-44-24-39-31-14-9-25(35(42)38-15-17-43-18-16-38)21-26(31)22-32(39)33(41)30-23-37-40(34(30)36)27-10-12-29(13-11-27)45-28-7-5-4-6-8-28/h4-14,21-23H,15-20,24,36H2,1-3H3. The fourth-order valence-corrected chi connectivity index (χ4v) is 5.92. The number of nitrogen functional groups attached to an aromatic ring is 1. The molecular weight excluding hydrogens is 602 g/mol. The fourth-order valence-electron chi connectivity index (χ4n) is 5.30. The molecule has 6 rings (SSSR count). The summed E-state index contributed by atoms with van der Waals surface area (Å²) in [6, 6.07) is 24.2. The molecule has 1 aliphatic rings. The van der Waals surface area contributed by atoms with E-state index in [0.717, 1.165) is 22.4 Å². The minimum Gasteiger partial charge on any atom is -0.457 e. The molecule has 1 amide bonds. The van der Waals surface area contributed by atoms with Gasteiger partial charge >= 0.3 is 0 Å². The van der Waals surface area contributed by atoms with E-state index in [4.69, 9.17) is 19.9 Å². The predicted octanol–water partition coefficient (Wildman–Crippen LogP) is 5.57. The van der Waals surface area contributed by atoms with Crippen LogP contribution in [0.2, 0.25) is 0 Å². The Labute approximate surface area is 270 Å². The number of rotatable bonds is 11. The highest BCUT2D eigenvalue weighted by Crippen LogP contribution is 2.34. The Morgan fingerprint density at radius 1 is 0.935 bits per heavy atom. The second kappa shape index (κ2) is 13.4. The van der Waals surface area contributed by atoms with Crippen LogP contribution in [0.1, 0.15) is 26.4 Å². The third kappa shape index (κ3) is 6.96. The van der Waals surface area contributed by atoms with E-state index in [1.54, 1.807) is 11.0 Å². The maximum atomic E-state index is 14.1. The lowest BCUT2D eigenvalue weighted by atomic mass is 10.1. The van der Waals surface area contributed by atoms with Gasteiger partial charge in [-0.1, -0.05) is 18.2 Å². The van der Waals surface area contributed by atoms with Crippen LogP contribution in [0.15, 0.2) is 85.1 Å². The van der Waals surface area contributed by atoms with Crippen molar-refractivity contribution in [2.24, 2.45) is 0 Å². The van der Waals surface area contributed by atoms with Gasteiger partial charge in [-0.3, -0.25) is 9.59 Å². The first-order chi connectivity index (χ1) is 22.2. The second-order valence-electron chi connectivity index (χ2n) is 12.1. The third-order valence-electron chi connectivity index (χ3n) is 7.85. The summed E-state index contributed by atoms with van der Waals surface area (Å²) in [7, 11) is -0.739. The average Bonchev–Trinajstić information content (AvgIpc) is 3.63. The molecule has 2 aromatic heterocycles. The van der Waals surface area contributed by atoms with Crippen molar-refractivity contribution in [1.82, 2.24) is 19.2 Å². The summed E-state index contributed by atoms with van der Waals surface area (Å²) >= 11 is 0. The summed E-state index contributed by atoms with van der Waals surface area (Å²) in [5.74, 6) is 2.23. The summed E-state index contributed by atoms with van der Waals surface area (Å²) < 4.78 is 20.8. The Kier molecular flexibility index (Phi) is 9.16. The van der Waals surface area contributed by atoms with Crippen molar-refractivity contribution < 1.29 is 23.8 Å². The number of benzene rings is 3. The van der Waals surface area contributed by atoms with Gasteiger partial charge in [0.2, 0.25) is 5.78 Å². The third-order valence-corrected chi connectivity index (χ3v) is 9.24. The van der Waals surface area contributed by atoms with Crippen LogP contribution in [0.25, 0.3) is 16.6 Å². The number of anilines is 1. The monoisotopic (exact) mass is 641 g/mol. The Morgan fingerprint density at radius 3 is 2.37 bits per heavy atom. The lowest BCUT2D eigenvalue weighted by Gasteiger charge is -2.26. The molecule has 1 saturated heterocycles. The largest absolute Gasteiger partial charge is 0.457 e. The first-order valence-electron chi connectivity index (χ1n) is 15.1. The molecule has 3 heterocycles. The highest BCUT2D eigenvalue weighted by Gasteiger charge is 2.24. The van der Waals surface area contributed by atoms with Gasteiger partial charge in [0, 0.05) is 29.8 Å². The van der Waals surface area contributed by atoms with Crippen LogP contribution in [0.4, 0.5) is 5.82 Å². The number of carbonyl (C=O) groups excluding carboxylic acids is 2. The zero-order valence-corrected chi connectivity index (χ0v) is 27.2. The molecule has 10 nitrogen and oxygen atoms in total. The Morgan fingerprint density at radius 2 is 1.65 bits per heavy atom. The van der Waals surface area contributed by atoms with Crippen molar-refractivity contribution in [1.29, 1.82) is 0 Å². The topological polar surface area (TPSA) is 114 Å². The number of morpholine rings is 1. The zero-order chi connectivity index (χ0) is 32.3. The molecule has 0 spiro atoms. The number of hydrogen-bond acceptors (Lipinski definition) is 7. The van der Waals surface area contributed by atoms with E-state index >= 15 is 0 Å². The molecule has 1 fully saturated rings. The molecule has 0 bridgehead atoms. The van der Waals surface area contributed by atoms with Gasteiger partial charge in [0.05, 0.1) is 48.5 Å². The number of amides is 1. The van der Waals surface area contributed by atoms with Crippen LogP contribution in [-0.4, -0.2) is 88.4 Å². The summed E-state index contributed by atoms with van der Waals surface area (Å²) in [6.45, 7) is 2.92. The maximum Gasteiger partial charge on any atom is 0.254 e. The van der Waals surface area contributed by atoms with E-state index < -0.39 is 10.0 Å². The van der Waals surface area contributed by atoms with Gasteiger partial charge in [-0.15, -0.1) is 0 Å². The van der Waals surface area contributed by atoms with Gasteiger partial charge in [-0.25, -0.2) is 14.7 Å². The van der Waals surface area contributed by atoms with Crippen LogP contribution in [0.5, 0.6) is 11.5 Å². The molecule has 2 N–H and O–H groups in total. The van der Waals surface area contributed by atoms with Gasteiger partial charge < -0.3 is 29.4 Å². The zero-order valence-electron chi connectivity index (χ0n) is 26.3. The van der Waals surface area contributed by atoms with Crippen molar-refractivity contribution >= 4 is 38.4 Å². The lowest BCUT2D eigenvalue weighted by molar-refractivity contribution is 0.0303. The highest BCUT2D eigenvalue weighted by molar-refractivity contribution is 8.32. The quantitative estimate of drug-likeness (QED) is 0.148. The molecule has 1 aliphatic heterocycles. The summed E-state index contributed by atoms with van der Waals surface area (Å²) in [5, 5.41) is 5.22. The molecule has 46 heavy (non-hydrogen) atoms. The van der Waals surface area contributed by atoms with E-state index in [1.807, 2.05) is 77.4 Å². The van der Waals surface area contributed by atoms with Crippen LogP contribution >= 0.6 is 10.0 Å². The second-order valence-corrected chi connectivity index (χ2v) is 16.7. The van der Waals surface area contributed by atoms with E-state index in [0.29, 0.717) is 55.6 Å².